The number of nitro groups is 1. The van der Waals surface area contributed by atoms with Gasteiger partial charge in [0, 0.05) is 30.6 Å². The van der Waals surface area contributed by atoms with Gasteiger partial charge in [0.1, 0.15) is 0 Å². The molecule has 10 heteroatoms. The lowest BCUT2D eigenvalue weighted by molar-refractivity contribution is -0.385. The number of aromatic nitrogens is 3. The Kier molecular flexibility index (Phi) is 4.05. The Balaban J connectivity index is 2.16. The highest BCUT2D eigenvalue weighted by molar-refractivity contribution is 5.57. The van der Waals surface area contributed by atoms with Crippen molar-refractivity contribution in [1.29, 1.82) is 0 Å². The Morgan fingerprint density at radius 3 is 2.71 bits per heavy atom. The van der Waals surface area contributed by atoms with Crippen molar-refractivity contribution in [3.63, 3.8) is 0 Å². The molecule has 1 aromatic carbocycles. The van der Waals surface area contributed by atoms with Crippen LogP contribution in [-0.4, -0.2) is 26.5 Å². The zero-order valence-electron chi connectivity index (χ0n) is 10.5. The van der Waals surface area contributed by atoms with Crippen LogP contribution in [0, 0.1) is 10.1 Å². The smallest absolute Gasteiger partial charge is 0.383 e. The number of nitrogens with zero attached hydrogens (tertiary/aromatic N) is 4. The minimum atomic E-state index is -4.68. The fraction of sp³-hybridized carbons (Fsp3) is 0.273. The van der Waals surface area contributed by atoms with Crippen molar-refractivity contribution < 1.29 is 18.1 Å². The van der Waals surface area contributed by atoms with E-state index in [0.29, 0.717) is 12.6 Å². The lowest BCUT2D eigenvalue weighted by atomic mass is 10.1. The van der Waals surface area contributed by atoms with E-state index in [4.69, 9.17) is 0 Å². The van der Waals surface area contributed by atoms with Gasteiger partial charge in [0.15, 0.2) is 0 Å². The molecule has 2 rings (SSSR count). The first-order valence-corrected chi connectivity index (χ1v) is 5.81. The van der Waals surface area contributed by atoms with Crippen LogP contribution in [-0.2, 0) is 12.7 Å². The van der Waals surface area contributed by atoms with Crippen molar-refractivity contribution in [2.24, 2.45) is 0 Å². The summed E-state index contributed by atoms with van der Waals surface area (Å²) in [5.74, 6) is 0. The van der Waals surface area contributed by atoms with Crippen LogP contribution >= 0.6 is 0 Å². The van der Waals surface area contributed by atoms with Crippen LogP contribution in [0.1, 0.15) is 5.56 Å². The van der Waals surface area contributed by atoms with Gasteiger partial charge in [-0.25, -0.2) is 0 Å². The summed E-state index contributed by atoms with van der Waals surface area (Å²) in [6, 6.07) is 2.58. The molecule has 0 saturated heterocycles. The van der Waals surface area contributed by atoms with E-state index < -0.39 is 22.4 Å². The van der Waals surface area contributed by atoms with Gasteiger partial charge in [-0.05, 0) is 6.07 Å². The predicted octanol–water partition coefficient (Wildman–Crippen LogP) is 2.32. The van der Waals surface area contributed by atoms with E-state index in [0.717, 1.165) is 12.1 Å². The van der Waals surface area contributed by atoms with Crippen LogP contribution in [0.4, 0.5) is 24.5 Å². The first kappa shape index (κ1) is 14.8. The summed E-state index contributed by atoms with van der Waals surface area (Å²) in [7, 11) is 0. The molecule has 2 aromatic rings. The number of rotatable bonds is 5. The second-order valence-corrected chi connectivity index (χ2v) is 4.08. The van der Waals surface area contributed by atoms with Crippen LogP contribution < -0.4 is 5.32 Å². The highest BCUT2D eigenvalue weighted by atomic mass is 19.4. The monoisotopic (exact) mass is 301 g/mol. The van der Waals surface area contributed by atoms with Crippen molar-refractivity contribution in [3.8, 4) is 0 Å². The summed E-state index contributed by atoms with van der Waals surface area (Å²) in [5.41, 5.74) is -1.90. The fourth-order valence-corrected chi connectivity index (χ4v) is 1.69. The summed E-state index contributed by atoms with van der Waals surface area (Å²) in [6.45, 7) is 0.485. The lowest BCUT2D eigenvalue weighted by Gasteiger charge is -2.14. The standard InChI is InChI=1S/C11H10F3N5O2/c12-11(13,14)9-7-8(19(20)21)1-2-10(9)15-3-5-18-6-4-16-17-18/h1-2,4,6-7,15H,3,5H2. The summed E-state index contributed by atoms with van der Waals surface area (Å²) >= 11 is 0. The number of halogens is 3. The largest absolute Gasteiger partial charge is 0.418 e. The predicted molar refractivity (Wildman–Crippen MR) is 66.6 cm³/mol. The van der Waals surface area contributed by atoms with Gasteiger partial charge < -0.3 is 5.32 Å². The zero-order chi connectivity index (χ0) is 15.5. The Bertz CT molecular complexity index is 627. The number of hydrogen-bond acceptors (Lipinski definition) is 5. The minimum Gasteiger partial charge on any atom is -0.383 e. The van der Waals surface area contributed by atoms with E-state index in [1.807, 2.05) is 0 Å². The van der Waals surface area contributed by atoms with Crippen LogP contribution in [0.25, 0.3) is 0 Å². The number of anilines is 1. The van der Waals surface area contributed by atoms with Crippen molar-refractivity contribution >= 4 is 11.4 Å². The Morgan fingerprint density at radius 2 is 2.14 bits per heavy atom. The molecule has 1 N–H and O–H groups in total. The Hall–Kier alpha value is -2.65. The van der Waals surface area contributed by atoms with E-state index >= 15 is 0 Å². The van der Waals surface area contributed by atoms with Gasteiger partial charge in [-0.1, -0.05) is 5.21 Å². The number of nitro benzene ring substituents is 1. The summed E-state index contributed by atoms with van der Waals surface area (Å²) in [4.78, 5) is 9.69. The fourth-order valence-electron chi connectivity index (χ4n) is 1.69. The number of benzene rings is 1. The van der Waals surface area contributed by atoms with E-state index in [2.05, 4.69) is 15.6 Å². The highest BCUT2D eigenvalue weighted by Gasteiger charge is 2.35. The van der Waals surface area contributed by atoms with Crippen LogP contribution in [0.2, 0.25) is 0 Å². The SMILES string of the molecule is O=[N+]([O-])c1ccc(NCCn2ccnn2)c(C(F)(F)F)c1. The molecule has 21 heavy (non-hydrogen) atoms. The van der Waals surface area contributed by atoms with Crippen LogP contribution in [0.3, 0.4) is 0 Å². The number of hydrogen-bond donors (Lipinski definition) is 1. The highest BCUT2D eigenvalue weighted by Crippen LogP contribution is 2.36. The molecule has 0 aliphatic rings. The van der Waals surface area contributed by atoms with Crippen LogP contribution in [0.5, 0.6) is 0 Å². The van der Waals surface area contributed by atoms with Gasteiger partial charge in [0.2, 0.25) is 0 Å². The maximum absolute atomic E-state index is 12.9. The minimum absolute atomic E-state index is 0.171. The topological polar surface area (TPSA) is 85.9 Å². The number of nitrogens with one attached hydrogen (secondary N) is 1. The first-order chi connectivity index (χ1) is 9.88. The molecule has 0 fully saturated rings. The third-order valence-corrected chi connectivity index (χ3v) is 2.65. The molecule has 7 nitrogen and oxygen atoms in total. The van der Waals surface area contributed by atoms with Crippen molar-refractivity contribution in [3.05, 3.63) is 46.3 Å². The Morgan fingerprint density at radius 1 is 1.38 bits per heavy atom. The van der Waals surface area contributed by atoms with Gasteiger partial charge in [-0.2, -0.15) is 13.2 Å². The van der Waals surface area contributed by atoms with Gasteiger partial charge in [0.05, 0.1) is 23.2 Å². The molecule has 0 unspecified atom stereocenters. The third-order valence-electron chi connectivity index (χ3n) is 2.65. The van der Waals surface area contributed by atoms with E-state index in [-0.39, 0.29) is 12.2 Å². The second-order valence-electron chi connectivity index (χ2n) is 4.08. The van der Waals surface area contributed by atoms with E-state index in [1.165, 1.54) is 10.9 Å². The maximum Gasteiger partial charge on any atom is 0.418 e. The van der Waals surface area contributed by atoms with Gasteiger partial charge >= 0.3 is 6.18 Å². The molecule has 0 radical (unpaired) electrons. The summed E-state index contributed by atoms with van der Waals surface area (Å²) in [5, 5.41) is 20.4. The third kappa shape index (κ3) is 3.68. The normalized spacial score (nSPS) is 11.4. The molecule has 0 spiro atoms. The maximum atomic E-state index is 12.9. The molecule has 1 aromatic heterocycles. The quantitative estimate of drug-likeness (QED) is 0.676. The van der Waals surface area contributed by atoms with Crippen molar-refractivity contribution in [2.75, 3.05) is 11.9 Å². The molecule has 1 heterocycles. The van der Waals surface area contributed by atoms with Gasteiger partial charge in [-0.15, -0.1) is 5.10 Å². The van der Waals surface area contributed by atoms with E-state index in [9.17, 15) is 23.3 Å². The first-order valence-electron chi connectivity index (χ1n) is 5.81. The summed E-state index contributed by atoms with van der Waals surface area (Å²) < 4.78 is 40.2. The Labute approximate surface area is 116 Å². The average Bonchev–Trinajstić information content (AvgIpc) is 2.90. The van der Waals surface area contributed by atoms with Crippen molar-refractivity contribution in [1.82, 2.24) is 15.0 Å². The lowest BCUT2D eigenvalue weighted by Crippen LogP contribution is -2.15. The molecule has 0 aliphatic carbocycles. The summed E-state index contributed by atoms with van der Waals surface area (Å²) in [6.07, 6.45) is -1.66. The molecule has 0 bridgehead atoms. The molecular formula is C11H10F3N5O2. The number of non-ortho nitro benzene ring substituents is 1. The molecule has 0 amide bonds. The molecule has 0 aliphatic heterocycles. The second kappa shape index (κ2) is 5.77. The van der Waals surface area contributed by atoms with E-state index in [1.54, 1.807) is 6.20 Å². The molecular weight excluding hydrogens is 291 g/mol. The van der Waals surface area contributed by atoms with Gasteiger partial charge in [-0.3, -0.25) is 14.8 Å². The average molecular weight is 301 g/mol. The van der Waals surface area contributed by atoms with Crippen LogP contribution in [0.15, 0.2) is 30.6 Å². The number of alkyl halides is 3. The van der Waals surface area contributed by atoms with Crippen molar-refractivity contribution in [2.45, 2.75) is 12.7 Å². The molecule has 112 valence electrons. The van der Waals surface area contributed by atoms with Gasteiger partial charge in [0.25, 0.3) is 5.69 Å². The zero-order valence-corrected chi connectivity index (χ0v) is 10.5. The molecule has 0 atom stereocenters. The molecule has 0 saturated carbocycles.